The Labute approximate surface area is 147 Å². The van der Waals surface area contributed by atoms with E-state index in [0.29, 0.717) is 22.9 Å². The van der Waals surface area contributed by atoms with Gasteiger partial charge in [0.1, 0.15) is 15.4 Å². The average Bonchev–Trinajstić information content (AvgIpc) is 2.97. The number of rotatable bonds is 3. The molecular weight excluding hydrogens is 342 g/mol. The van der Waals surface area contributed by atoms with Crippen molar-refractivity contribution >= 4 is 43.4 Å². The summed E-state index contributed by atoms with van der Waals surface area (Å²) < 4.78 is 2.27. The molecule has 3 aromatic heterocycles. The summed E-state index contributed by atoms with van der Waals surface area (Å²) in [5.41, 5.74) is 2.64. The number of pyridine rings is 1. The Morgan fingerprint density at radius 2 is 1.92 bits per heavy atom. The van der Waals surface area contributed by atoms with Gasteiger partial charge in [0.05, 0.1) is 11.2 Å². The Bertz CT molecular complexity index is 1100. The van der Waals surface area contributed by atoms with Gasteiger partial charge in [0.15, 0.2) is 0 Å². The molecule has 0 radical (unpaired) electrons. The number of fused-ring (bicyclic) bond motifs is 3. The van der Waals surface area contributed by atoms with E-state index in [1.54, 1.807) is 4.57 Å². The minimum absolute atomic E-state index is 0.0394. The summed E-state index contributed by atoms with van der Waals surface area (Å²) in [5.74, 6) is 1.06. The van der Waals surface area contributed by atoms with Crippen LogP contribution >= 0.6 is 22.9 Å². The lowest BCUT2D eigenvalue weighted by atomic mass is 10.1. The Morgan fingerprint density at radius 1 is 1.12 bits per heavy atom. The molecule has 0 bridgehead atoms. The van der Waals surface area contributed by atoms with Crippen LogP contribution in [0.5, 0.6) is 0 Å². The number of aromatic nitrogens is 3. The summed E-state index contributed by atoms with van der Waals surface area (Å²) in [4.78, 5) is 22.9. The second-order valence-electron chi connectivity index (χ2n) is 5.50. The van der Waals surface area contributed by atoms with Crippen LogP contribution in [0.3, 0.4) is 0 Å². The van der Waals surface area contributed by atoms with Gasteiger partial charge >= 0.3 is 0 Å². The predicted octanol–water partition coefficient (Wildman–Crippen LogP) is 4.22. The van der Waals surface area contributed by atoms with Crippen molar-refractivity contribution in [3.8, 4) is 11.3 Å². The van der Waals surface area contributed by atoms with E-state index >= 15 is 0 Å². The predicted molar refractivity (Wildman–Crippen MR) is 100 cm³/mol. The molecule has 0 aliphatic carbocycles. The third-order valence-corrected chi connectivity index (χ3v) is 5.26. The summed E-state index contributed by atoms with van der Waals surface area (Å²) in [6.45, 7) is 2.30. The van der Waals surface area contributed by atoms with Crippen molar-refractivity contribution in [2.75, 3.05) is 5.88 Å². The summed E-state index contributed by atoms with van der Waals surface area (Å²) in [7, 11) is 0. The highest BCUT2D eigenvalue weighted by Crippen LogP contribution is 2.31. The van der Waals surface area contributed by atoms with Crippen LogP contribution in [0.15, 0.2) is 47.3 Å². The fourth-order valence-corrected chi connectivity index (χ4v) is 4.06. The van der Waals surface area contributed by atoms with Crippen LogP contribution in [0.1, 0.15) is 5.82 Å². The van der Waals surface area contributed by atoms with E-state index < -0.39 is 0 Å². The van der Waals surface area contributed by atoms with Crippen LogP contribution < -0.4 is 5.56 Å². The molecule has 4 rings (SSSR count). The highest BCUT2D eigenvalue weighted by atomic mass is 35.5. The minimum atomic E-state index is -0.0394. The van der Waals surface area contributed by atoms with Crippen LogP contribution in [0.4, 0.5) is 0 Å². The maximum absolute atomic E-state index is 12.7. The first-order valence-corrected chi connectivity index (χ1v) is 8.96. The number of hydrogen-bond donors (Lipinski definition) is 0. The van der Waals surface area contributed by atoms with Gasteiger partial charge in [-0.2, -0.15) is 0 Å². The molecule has 0 spiro atoms. The lowest BCUT2D eigenvalue weighted by Gasteiger charge is -2.06. The van der Waals surface area contributed by atoms with Crippen LogP contribution in [-0.2, 0) is 6.54 Å². The van der Waals surface area contributed by atoms with Gasteiger partial charge in [-0.15, -0.1) is 22.9 Å². The summed E-state index contributed by atoms with van der Waals surface area (Å²) in [6.07, 6.45) is 0. The van der Waals surface area contributed by atoms with Crippen LogP contribution in [0.2, 0.25) is 0 Å². The maximum Gasteiger partial charge on any atom is 0.271 e. The normalized spacial score (nSPS) is 11.4. The molecule has 0 unspecified atom stereocenters. The van der Waals surface area contributed by atoms with Crippen molar-refractivity contribution in [1.82, 2.24) is 14.5 Å². The van der Waals surface area contributed by atoms with Gasteiger partial charge in [-0.05, 0) is 19.1 Å². The highest BCUT2D eigenvalue weighted by molar-refractivity contribution is 7.25. The largest absolute Gasteiger partial charge is 0.294 e. The molecule has 120 valence electrons. The second-order valence-corrected chi connectivity index (χ2v) is 6.88. The number of thiophene rings is 1. The summed E-state index contributed by atoms with van der Waals surface area (Å²) >= 11 is 7.20. The number of hydrogen-bond acceptors (Lipinski definition) is 4. The molecular formula is C18H14ClN3OS. The molecule has 6 heteroatoms. The van der Waals surface area contributed by atoms with Crippen molar-refractivity contribution < 1.29 is 0 Å². The van der Waals surface area contributed by atoms with Gasteiger partial charge in [-0.3, -0.25) is 9.36 Å². The molecule has 0 amide bonds. The molecule has 0 aliphatic heterocycles. The molecule has 3 heterocycles. The van der Waals surface area contributed by atoms with Gasteiger partial charge in [0.2, 0.25) is 0 Å². The van der Waals surface area contributed by atoms with Crippen molar-refractivity contribution in [1.29, 1.82) is 0 Å². The van der Waals surface area contributed by atoms with E-state index in [0.717, 1.165) is 27.0 Å². The average molecular weight is 356 g/mol. The molecule has 0 aliphatic rings. The van der Waals surface area contributed by atoms with Gasteiger partial charge in [-0.1, -0.05) is 30.3 Å². The van der Waals surface area contributed by atoms with Crippen molar-refractivity contribution in [2.45, 2.75) is 13.5 Å². The van der Waals surface area contributed by atoms with E-state index in [9.17, 15) is 4.79 Å². The topological polar surface area (TPSA) is 47.8 Å². The number of benzene rings is 1. The van der Waals surface area contributed by atoms with E-state index in [2.05, 4.69) is 4.98 Å². The van der Waals surface area contributed by atoms with Crippen LogP contribution in [0, 0.1) is 6.92 Å². The first kappa shape index (κ1) is 15.3. The lowest BCUT2D eigenvalue weighted by Crippen LogP contribution is -2.23. The Kier molecular flexibility index (Phi) is 3.82. The molecule has 0 N–H and O–H groups in total. The number of halogens is 1. The number of nitrogens with zero attached hydrogens (tertiary/aromatic N) is 3. The quantitative estimate of drug-likeness (QED) is 0.517. The summed E-state index contributed by atoms with van der Waals surface area (Å²) in [5, 5.41) is 0.924. The van der Waals surface area contributed by atoms with Crippen molar-refractivity contribution in [3.63, 3.8) is 0 Å². The van der Waals surface area contributed by atoms with Gasteiger partial charge < -0.3 is 0 Å². The van der Waals surface area contributed by atoms with E-state index in [1.807, 2.05) is 49.4 Å². The molecule has 1 aromatic carbocycles. The van der Waals surface area contributed by atoms with Crippen LogP contribution in [-0.4, -0.2) is 20.4 Å². The standard InChI is InChI=1S/C18H14ClN3OS/c1-11-20-15-13-7-8-14(12-5-3-2-4-6-12)21-17(13)24-16(15)18(23)22(11)10-9-19/h2-8H,9-10H2,1H3. The van der Waals surface area contributed by atoms with E-state index in [4.69, 9.17) is 16.6 Å². The van der Waals surface area contributed by atoms with E-state index in [1.165, 1.54) is 11.3 Å². The van der Waals surface area contributed by atoms with Crippen molar-refractivity contribution in [3.05, 3.63) is 58.6 Å². The van der Waals surface area contributed by atoms with Gasteiger partial charge in [0.25, 0.3) is 5.56 Å². The van der Waals surface area contributed by atoms with Crippen molar-refractivity contribution in [2.24, 2.45) is 0 Å². The molecule has 24 heavy (non-hydrogen) atoms. The number of alkyl halides is 1. The molecule has 0 atom stereocenters. The lowest BCUT2D eigenvalue weighted by molar-refractivity contribution is 0.691. The zero-order valence-corrected chi connectivity index (χ0v) is 14.6. The molecule has 4 nitrogen and oxygen atoms in total. The first-order valence-electron chi connectivity index (χ1n) is 7.61. The van der Waals surface area contributed by atoms with Crippen LogP contribution in [0.25, 0.3) is 31.7 Å². The summed E-state index contributed by atoms with van der Waals surface area (Å²) in [6, 6.07) is 14.0. The molecule has 0 fully saturated rings. The third-order valence-electron chi connectivity index (χ3n) is 4.01. The Balaban J connectivity index is 1.98. The van der Waals surface area contributed by atoms with E-state index in [-0.39, 0.29) is 5.56 Å². The van der Waals surface area contributed by atoms with Gasteiger partial charge in [-0.25, -0.2) is 9.97 Å². The zero-order valence-electron chi connectivity index (χ0n) is 13.0. The SMILES string of the molecule is Cc1nc2c(sc3nc(-c4ccccc4)ccc32)c(=O)n1CCCl. The smallest absolute Gasteiger partial charge is 0.271 e. The maximum atomic E-state index is 12.7. The second kappa shape index (κ2) is 6.00. The zero-order chi connectivity index (χ0) is 16.7. The van der Waals surface area contributed by atoms with Gasteiger partial charge in [0, 0.05) is 23.4 Å². The Hall–Kier alpha value is -2.24. The molecule has 0 saturated carbocycles. The molecule has 4 aromatic rings. The number of aryl methyl sites for hydroxylation is 1. The monoisotopic (exact) mass is 355 g/mol. The first-order chi connectivity index (χ1) is 11.7. The molecule has 0 saturated heterocycles. The highest BCUT2D eigenvalue weighted by Gasteiger charge is 2.15. The Morgan fingerprint density at radius 3 is 2.67 bits per heavy atom. The minimum Gasteiger partial charge on any atom is -0.294 e. The fraction of sp³-hybridized carbons (Fsp3) is 0.167. The third kappa shape index (κ3) is 2.41. The fourth-order valence-electron chi connectivity index (χ4n) is 2.83.